The van der Waals surface area contributed by atoms with Gasteiger partial charge in [0.15, 0.2) is 29.4 Å². The minimum absolute atomic E-state index is 0.175. The number of carbonyl (C=O) groups is 1. The van der Waals surface area contributed by atoms with Crippen LogP contribution in [0, 0.1) is 6.92 Å². The van der Waals surface area contributed by atoms with E-state index in [1.165, 1.54) is 17.8 Å². The average Bonchev–Trinajstić information content (AvgIpc) is 3.72. The molecule has 3 aromatic rings. The molecule has 0 bridgehead atoms. The highest BCUT2D eigenvalue weighted by atomic mass is 35.5. The van der Waals surface area contributed by atoms with E-state index in [1.807, 2.05) is 0 Å². The van der Waals surface area contributed by atoms with Crippen molar-refractivity contribution >= 4 is 42.3 Å². The summed E-state index contributed by atoms with van der Waals surface area (Å²) in [6.07, 6.45) is 0.0389. The number of rotatable bonds is 13. The van der Waals surface area contributed by atoms with E-state index in [9.17, 15) is 14.5 Å². The van der Waals surface area contributed by atoms with Gasteiger partial charge in [-0.3, -0.25) is 13.9 Å². The number of esters is 1. The molecular weight excluding hydrogens is 630 g/mol. The molecule has 1 saturated carbocycles. The zero-order chi connectivity index (χ0) is 32.4. The van der Waals surface area contributed by atoms with Crippen molar-refractivity contribution in [3.8, 4) is 5.75 Å². The Morgan fingerprint density at radius 3 is 2.62 bits per heavy atom. The Hall–Kier alpha value is -2.87. The van der Waals surface area contributed by atoms with Crippen LogP contribution >= 0.6 is 19.3 Å². The minimum atomic E-state index is -4.37. The largest absolute Gasteiger partial charge is 0.462 e. The normalized spacial score (nSPS) is 25.8. The molecule has 0 amide bonds. The first kappa shape index (κ1) is 33.5. The fraction of sp³-hybridized carbons (Fsp3) is 0.586. The summed E-state index contributed by atoms with van der Waals surface area (Å²) in [5.74, 6) is 0.0368. The number of anilines is 1. The van der Waals surface area contributed by atoms with Crippen molar-refractivity contribution in [2.24, 2.45) is 0 Å². The van der Waals surface area contributed by atoms with Crippen LogP contribution in [0.2, 0.25) is 0 Å². The molecular formula is C29H39ClFN6O7P. The van der Waals surface area contributed by atoms with Crippen LogP contribution in [0.3, 0.4) is 0 Å². The zero-order valence-corrected chi connectivity index (χ0v) is 27.2. The number of nitrogens with zero attached hydrogens (tertiary/aromatic N) is 4. The first-order valence-electron chi connectivity index (χ1n) is 14.9. The summed E-state index contributed by atoms with van der Waals surface area (Å²) in [6.45, 7) is 5.85. The topological polar surface area (TPSA) is 159 Å². The van der Waals surface area contributed by atoms with Crippen LogP contribution in [0.25, 0.3) is 11.2 Å². The summed E-state index contributed by atoms with van der Waals surface area (Å²) >= 11 is 6.30. The molecule has 0 spiro atoms. The highest BCUT2D eigenvalue weighted by Gasteiger charge is 2.57. The predicted octanol–water partition coefficient (Wildman–Crippen LogP) is 4.83. The lowest BCUT2D eigenvalue weighted by Crippen LogP contribution is -2.48. The van der Waals surface area contributed by atoms with Crippen molar-refractivity contribution in [3.63, 3.8) is 0 Å². The van der Waals surface area contributed by atoms with Crippen LogP contribution in [-0.4, -0.2) is 79.1 Å². The standard InChI is InChI=1S/C29H39ClFN6O7P/c1-17(2)42-28(39)18(3)36-45(40,44-21-12-6-5-7-13-21)41-15-29(14-30)24(38)22(31)27(43-29)37-16-32-23-25(33-19(4)34-26(23)37)35-20-10-8-9-11-20/h5-7,12-13,16-18,20,22,24,27,38H,8-11,14-15H2,1-4H3,(H,36,40)(H,33,34,35)/t18-,22+,24-,27+,29+,45?/m0/s1. The molecule has 6 atom stereocenters. The Morgan fingerprint density at radius 1 is 1.24 bits per heavy atom. The molecule has 1 aromatic carbocycles. The number of benzene rings is 1. The number of para-hydroxylation sites is 1. The maximum absolute atomic E-state index is 15.9. The summed E-state index contributed by atoms with van der Waals surface area (Å²) in [4.78, 5) is 26.0. The number of hydrogen-bond donors (Lipinski definition) is 3. The number of ether oxygens (including phenoxy) is 2. The number of imidazole rings is 1. The molecule has 16 heteroatoms. The second-order valence-electron chi connectivity index (χ2n) is 11.7. The molecule has 3 heterocycles. The lowest BCUT2D eigenvalue weighted by molar-refractivity contribution is -0.149. The van der Waals surface area contributed by atoms with Gasteiger partial charge in [0.2, 0.25) is 0 Å². The molecule has 13 nitrogen and oxygen atoms in total. The highest BCUT2D eigenvalue weighted by Crippen LogP contribution is 2.49. The van der Waals surface area contributed by atoms with Crippen LogP contribution in [0.5, 0.6) is 5.75 Å². The molecule has 2 aliphatic rings. The Bertz CT molecular complexity index is 1530. The number of halogens is 2. The molecule has 2 fully saturated rings. The van der Waals surface area contributed by atoms with Crippen LogP contribution in [0.4, 0.5) is 10.2 Å². The summed E-state index contributed by atoms with van der Waals surface area (Å²) in [7, 11) is -4.37. The van der Waals surface area contributed by atoms with Gasteiger partial charge in [-0.15, -0.1) is 11.6 Å². The second-order valence-corrected chi connectivity index (χ2v) is 13.6. The SMILES string of the molecule is Cc1nc(NC2CCCC2)c2ncn([C@@H]3O[C@](CCl)(COP(=O)(N[C@@H](C)C(=O)OC(C)C)Oc4ccccc4)[C@@H](O)[C@H]3F)c2n1. The van der Waals surface area contributed by atoms with E-state index in [0.717, 1.165) is 25.7 Å². The van der Waals surface area contributed by atoms with Gasteiger partial charge in [-0.05, 0) is 52.7 Å². The number of carbonyl (C=O) groups excluding carboxylic acids is 1. The average molecular weight is 669 g/mol. The number of fused-ring (bicyclic) bond motifs is 1. The molecule has 1 saturated heterocycles. The van der Waals surface area contributed by atoms with Crippen molar-refractivity contribution in [3.05, 3.63) is 42.5 Å². The number of aromatic nitrogens is 4. The van der Waals surface area contributed by atoms with E-state index in [1.54, 1.807) is 51.1 Å². The fourth-order valence-corrected chi connectivity index (χ4v) is 7.25. The molecule has 1 aliphatic carbocycles. The number of aryl methyl sites for hydroxylation is 1. The molecule has 1 aliphatic heterocycles. The third-order valence-electron chi connectivity index (χ3n) is 7.70. The first-order valence-corrected chi connectivity index (χ1v) is 17.0. The smallest absolute Gasteiger partial charge is 0.459 e. The number of hydrogen-bond acceptors (Lipinski definition) is 11. The summed E-state index contributed by atoms with van der Waals surface area (Å²) in [5, 5.41) is 17.1. The monoisotopic (exact) mass is 668 g/mol. The van der Waals surface area contributed by atoms with Gasteiger partial charge in [0, 0.05) is 6.04 Å². The van der Waals surface area contributed by atoms with Gasteiger partial charge in [0.1, 0.15) is 29.3 Å². The van der Waals surface area contributed by atoms with E-state index < -0.39 is 62.5 Å². The molecule has 2 aromatic heterocycles. The van der Waals surface area contributed by atoms with Crippen molar-refractivity contribution < 1.29 is 37.4 Å². The van der Waals surface area contributed by atoms with E-state index in [4.69, 9.17) is 30.1 Å². The van der Waals surface area contributed by atoms with Crippen LogP contribution in [0.15, 0.2) is 36.7 Å². The van der Waals surface area contributed by atoms with Gasteiger partial charge < -0.3 is 24.4 Å². The third kappa shape index (κ3) is 7.42. The van der Waals surface area contributed by atoms with Gasteiger partial charge in [-0.2, -0.15) is 5.09 Å². The summed E-state index contributed by atoms with van der Waals surface area (Å²) < 4.78 is 54.0. The van der Waals surface area contributed by atoms with Crippen LogP contribution < -0.4 is 14.9 Å². The molecule has 45 heavy (non-hydrogen) atoms. The Labute approximate surface area is 265 Å². The zero-order valence-electron chi connectivity index (χ0n) is 25.6. The molecule has 246 valence electrons. The Kier molecular flexibility index (Phi) is 10.3. The molecule has 5 rings (SSSR count). The quantitative estimate of drug-likeness (QED) is 0.130. The van der Waals surface area contributed by atoms with E-state index in [-0.39, 0.29) is 11.8 Å². The van der Waals surface area contributed by atoms with Gasteiger partial charge in [0.25, 0.3) is 0 Å². The lowest BCUT2D eigenvalue weighted by Gasteiger charge is -2.31. The van der Waals surface area contributed by atoms with Crippen molar-refractivity contribution in [2.45, 2.75) is 95.7 Å². The van der Waals surface area contributed by atoms with Crippen molar-refractivity contribution in [2.75, 3.05) is 17.8 Å². The minimum Gasteiger partial charge on any atom is -0.462 e. The molecule has 1 unspecified atom stereocenters. The van der Waals surface area contributed by atoms with Gasteiger partial charge >= 0.3 is 13.7 Å². The maximum Gasteiger partial charge on any atom is 0.459 e. The summed E-state index contributed by atoms with van der Waals surface area (Å²) in [6, 6.07) is 7.29. The first-order chi connectivity index (χ1) is 21.4. The second kappa shape index (κ2) is 13.9. The van der Waals surface area contributed by atoms with Crippen molar-refractivity contribution in [1.82, 2.24) is 24.6 Å². The van der Waals surface area contributed by atoms with Crippen LogP contribution in [-0.2, 0) is 23.4 Å². The van der Waals surface area contributed by atoms with E-state index >= 15 is 4.39 Å². The van der Waals surface area contributed by atoms with Gasteiger partial charge in [-0.25, -0.2) is 23.9 Å². The Morgan fingerprint density at radius 2 is 1.96 bits per heavy atom. The van der Waals surface area contributed by atoms with Gasteiger partial charge in [-0.1, -0.05) is 31.0 Å². The summed E-state index contributed by atoms with van der Waals surface area (Å²) in [5.41, 5.74) is -1.12. The third-order valence-corrected chi connectivity index (χ3v) is 9.78. The Balaban J connectivity index is 1.39. The number of aliphatic hydroxyl groups is 1. The van der Waals surface area contributed by atoms with E-state index in [2.05, 4.69) is 25.4 Å². The van der Waals surface area contributed by atoms with Crippen LogP contribution in [0.1, 0.15) is 58.5 Å². The fourth-order valence-electron chi connectivity index (χ4n) is 5.40. The number of alkyl halides is 2. The predicted molar refractivity (Wildman–Crippen MR) is 165 cm³/mol. The number of aliphatic hydroxyl groups excluding tert-OH is 1. The van der Waals surface area contributed by atoms with E-state index in [0.29, 0.717) is 22.8 Å². The maximum atomic E-state index is 15.9. The molecule has 3 N–H and O–H groups in total. The lowest BCUT2D eigenvalue weighted by atomic mass is 9.99. The highest BCUT2D eigenvalue weighted by molar-refractivity contribution is 7.52. The van der Waals surface area contributed by atoms with Gasteiger partial charge in [0.05, 0.1) is 24.9 Å². The number of nitrogens with one attached hydrogen (secondary N) is 2. The van der Waals surface area contributed by atoms with Crippen molar-refractivity contribution in [1.29, 1.82) is 0 Å². The molecule has 0 radical (unpaired) electrons.